The number of rotatable bonds is 3. The molecule has 24 heavy (non-hydrogen) atoms. The monoisotopic (exact) mass is 318 g/mol. The maximum atomic E-state index is 10.9. The highest BCUT2D eigenvalue weighted by atomic mass is 16.4. The van der Waals surface area contributed by atoms with E-state index in [9.17, 15) is 4.79 Å². The summed E-state index contributed by atoms with van der Waals surface area (Å²) in [6.45, 7) is 2.04. The van der Waals surface area contributed by atoms with Crippen LogP contribution in [0.1, 0.15) is 15.9 Å². The molecule has 2 aromatic heterocycles. The van der Waals surface area contributed by atoms with Crippen molar-refractivity contribution in [3.8, 4) is 22.8 Å². The van der Waals surface area contributed by atoms with Crippen LogP contribution in [0.5, 0.6) is 0 Å². The first-order chi connectivity index (χ1) is 11.6. The van der Waals surface area contributed by atoms with Crippen molar-refractivity contribution in [1.82, 2.24) is 0 Å². The summed E-state index contributed by atoms with van der Waals surface area (Å²) in [6.07, 6.45) is 0. The van der Waals surface area contributed by atoms with Crippen molar-refractivity contribution in [2.75, 3.05) is 0 Å². The number of benzene rings is 2. The Morgan fingerprint density at radius 1 is 0.875 bits per heavy atom. The number of hydrogen-bond acceptors (Lipinski definition) is 3. The second-order valence-corrected chi connectivity index (χ2v) is 5.64. The summed E-state index contributed by atoms with van der Waals surface area (Å²) >= 11 is 0. The van der Waals surface area contributed by atoms with Crippen molar-refractivity contribution in [2.45, 2.75) is 6.92 Å². The predicted molar refractivity (Wildman–Crippen MR) is 91.0 cm³/mol. The van der Waals surface area contributed by atoms with Crippen LogP contribution in [0.25, 0.3) is 33.8 Å². The molecule has 0 atom stereocenters. The summed E-state index contributed by atoms with van der Waals surface area (Å²) in [7, 11) is 0. The lowest BCUT2D eigenvalue weighted by Gasteiger charge is -1.98. The fraction of sp³-hybridized carbons (Fsp3) is 0.0500. The molecule has 0 saturated heterocycles. The second kappa shape index (κ2) is 5.42. The van der Waals surface area contributed by atoms with E-state index in [-0.39, 0.29) is 5.56 Å². The molecule has 0 fully saturated rings. The van der Waals surface area contributed by atoms with Crippen LogP contribution in [0.15, 0.2) is 69.5 Å². The molecule has 4 heteroatoms. The van der Waals surface area contributed by atoms with Crippen LogP contribution in [-0.4, -0.2) is 11.1 Å². The first kappa shape index (κ1) is 14.3. The molecule has 0 saturated carbocycles. The molecule has 4 rings (SSSR count). The van der Waals surface area contributed by atoms with Gasteiger partial charge in [-0.05, 0) is 48.9 Å². The third-order valence-electron chi connectivity index (χ3n) is 4.04. The molecular formula is C20H14O4. The maximum absolute atomic E-state index is 10.9. The largest absolute Gasteiger partial charge is 0.478 e. The number of aryl methyl sites for hydroxylation is 1. The number of carboxylic acids is 1. The predicted octanol–water partition coefficient (Wildman–Crippen LogP) is 5.37. The third kappa shape index (κ3) is 2.38. The number of furan rings is 2. The van der Waals surface area contributed by atoms with E-state index in [1.807, 2.05) is 43.3 Å². The molecule has 0 aliphatic rings. The van der Waals surface area contributed by atoms with Gasteiger partial charge in [-0.15, -0.1) is 0 Å². The molecular weight excluding hydrogens is 304 g/mol. The Balaban J connectivity index is 1.71. The van der Waals surface area contributed by atoms with Crippen LogP contribution < -0.4 is 0 Å². The van der Waals surface area contributed by atoms with E-state index in [0.717, 1.165) is 22.1 Å². The highest BCUT2D eigenvalue weighted by Crippen LogP contribution is 2.33. The van der Waals surface area contributed by atoms with Gasteiger partial charge in [0.15, 0.2) is 11.5 Å². The molecule has 4 aromatic rings. The zero-order chi connectivity index (χ0) is 16.7. The molecule has 0 radical (unpaired) electrons. The van der Waals surface area contributed by atoms with Crippen LogP contribution in [0.3, 0.4) is 0 Å². The molecule has 0 unspecified atom stereocenters. The fourth-order valence-corrected chi connectivity index (χ4v) is 2.73. The zero-order valence-corrected chi connectivity index (χ0v) is 12.9. The minimum atomic E-state index is -0.945. The summed E-state index contributed by atoms with van der Waals surface area (Å²) in [6, 6.07) is 18.2. The van der Waals surface area contributed by atoms with Crippen molar-refractivity contribution in [2.24, 2.45) is 0 Å². The van der Waals surface area contributed by atoms with Gasteiger partial charge in [-0.1, -0.05) is 24.3 Å². The Kier molecular flexibility index (Phi) is 3.24. The molecule has 118 valence electrons. The van der Waals surface area contributed by atoms with Crippen LogP contribution >= 0.6 is 0 Å². The van der Waals surface area contributed by atoms with Crippen LogP contribution in [0.4, 0.5) is 0 Å². The number of aromatic carboxylic acids is 1. The van der Waals surface area contributed by atoms with Gasteiger partial charge in [-0.3, -0.25) is 0 Å². The standard InChI is InChI=1S/C20H14O4/c1-12-3-2-4-17-15(12)11-19(24-17)18-10-9-16(23-18)13-5-7-14(8-6-13)20(21)22/h2-11H,1H3,(H,21,22). The SMILES string of the molecule is Cc1cccc2oc(-c3ccc(-c4ccc(C(=O)O)cc4)o3)cc12. The van der Waals surface area contributed by atoms with Crippen molar-refractivity contribution in [3.05, 3.63) is 71.8 Å². The van der Waals surface area contributed by atoms with Gasteiger partial charge in [-0.2, -0.15) is 0 Å². The molecule has 0 aliphatic carbocycles. The Hall–Kier alpha value is -3.27. The van der Waals surface area contributed by atoms with Gasteiger partial charge in [0, 0.05) is 10.9 Å². The summed E-state index contributed by atoms with van der Waals surface area (Å²) in [4.78, 5) is 10.9. The van der Waals surface area contributed by atoms with Crippen molar-refractivity contribution in [1.29, 1.82) is 0 Å². The molecule has 4 nitrogen and oxygen atoms in total. The van der Waals surface area contributed by atoms with Crippen LogP contribution in [0.2, 0.25) is 0 Å². The Morgan fingerprint density at radius 2 is 1.62 bits per heavy atom. The van der Waals surface area contributed by atoms with Gasteiger partial charge in [0.2, 0.25) is 0 Å². The van der Waals surface area contributed by atoms with Gasteiger partial charge in [0.1, 0.15) is 11.3 Å². The van der Waals surface area contributed by atoms with Gasteiger partial charge in [-0.25, -0.2) is 4.79 Å². The second-order valence-electron chi connectivity index (χ2n) is 5.64. The Bertz CT molecular complexity index is 1040. The van der Waals surface area contributed by atoms with E-state index in [0.29, 0.717) is 17.3 Å². The fourth-order valence-electron chi connectivity index (χ4n) is 2.73. The minimum absolute atomic E-state index is 0.248. The Morgan fingerprint density at radius 3 is 2.33 bits per heavy atom. The normalized spacial score (nSPS) is 11.0. The highest BCUT2D eigenvalue weighted by Gasteiger charge is 2.13. The smallest absolute Gasteiger partial charge is 0.335 e. The summed E-state index contributed by atoms with van der Waals surface area (Å²) < 4.78 is 11.7. The van der Waals surface area contributed by atoms with E-state index in [2.05, 4.69) is 0 Å². The molecule has 0 amide bonds. The third-order valence-corrected chi connectivity index (χ3v) is 4.04. The molecule has 1 N–H and O–H groups in total. The number of fused-ring (bicyclic) bond motifs is 1. The van der Waals surface area contributed by atoms with Gasteiger partial charge < -0.3 is 13.9 Å². The zero-order valence-electron chi connectivity index (χ0n) is 12.9. The van der Waals surface area contributed by atoms with Crippen molar-refractivity contribution >= 4 is 16.9 Å². The summed E-state index contributed by atoms with van der Waals surface area (Å²) in [5.41, 5.74) is 3.05. The van der Waals surface area contributed by atoms with Gasteiger partial charge >= 0.3 is 5.97 Å². The molecule has 0 aliphatic heterocycles. The van der Waals surface area contributed by atoms with Crippen LogP contribution in [0, 0.1) is 6.92 Å². The lowest BCUT2D eigenvalue weighted by atomic mass is 10.1. The quantitative estimate of drug-likeness (QED) is 0.552. The van der Waals surface area contributed by atoms with Gasteiger partial charge in [0.25, 0.3) is 0 Å². The van der Waals surface area contributed by atoms with Gasteiger partial charge in [0.05, 0.1) is 5.56 Å². The average Bonchev–Trinajstić information content (AvgIpc) is 3.22. The van der Waals surface area contributed by atoms with E-state index in [1.54, 1.807) is 24.3 Å². The molecule has 0 spiro atoms. The van der Waals surface area contributed by atoms with E-state index in [4.69, 9.17) is 13.9 Å². The average molecular weight is 318 g/mol. The first-order valence-corrected chi connectivity index (χ1v) is 7.55. The van der Waals surface area contributed by atoms with Crippen molar-refractivity contribution < 1.29 is 18.7 Å². The molecule has 2 heterocycles. The van der Waals surface area contributed by atoms with E-state index in [1.165, 1.54) is 0 Å². The van der Waals surface area contributed by atoms with Crippen molar-refractivity contribution in [3.63, 3.8) is 0 Å². The first-order valence-electron chi connectivity index (χ1n) is 7.55. The number of carboxylic acid groups (broad SMARTS) is 1. The Labute approximate surface area is 138 Å². The summed E-state index contributed by atoms with van der Waals surface area (Å²) in [5, 5.41) is 10.0. The molecule has 2 aromatic carbocycles. The molecule has 0 bridgehead atoms. The highest BCUT2D eigenvalue weighted by molar-refractivity contribution is 5.88. The van der Waals surface area contributed by atoms with E-state index < -0.39 is 5.97 Å². The number of carbonyl (C=O) groups is 1. The van der Waals surface area contributed by atoms with E-state index >= 15 is 0 Å². The number of hydrogen-bond donors (Lipinski definition) is 1. The topological polar surface area (TPSA) is 63.6 Å². The lowest BCUT2D eigenvalue weighted by Crippen LogP contribution is -1.94. The minimum Gasteiger partial charge on any atom is -0.478 e. The van der Waals surface area contributed by atoms with Crippen LogP contribution in [-0.2, 0) is 0 Å². The maximum Gasteiger partial charge on any atom is 0.335 e. The summed E-state index contributed by atoms with van der Waals surface area (Å²) in [5.74, 6) is 1.04. The lowest BCUT2D eigenvalue weighted by molar-refractivity contribution is 0.0697.